The Morgan fingerprint density at radius 1 is 0.735 bits per heavy atom. The molecule has 2 atom stereocenters. The number of benzene rings is 1. The lowest BCUT2D eigenvalue weighted by Crippen LogP contribution is -2.32. The standard InChI is InChI=1S/C28H46O6/c1-7-11-13-21(9-3)19-33-27(29)26(28(30)34-20-22(10-4)14-12-8-2)17-23-15-24(31-5)18-25(16-23)32-6/h15-16,18,21-22,26H,7-14,17,19-20H2,1-6H3. The second kappa shape index (κ2) is 17.2. The molecule has 0 aliphatic rings. The van der Waals surface area contributed by atoms with Gasteiger partial charge in [0, 0.05) is 6.07 Å². The Hall–Kier alpha value is -2.24. The summed E-state index contributed by atoms with van der Waals surface area (Å²) < 4.78 is 22.0. The van der Waals surface area contributed by atoms with Crippen LogP contribution in [-0.4, -0.2) is 39.4 Å². The molecule has 34 heavy (non-hydrogen) atoms. The van der Waals surface area contributed by atoms with Crippen LogP contribution in [-0.2, 0) is 25.5 Å². The van der Waals surface area contributed by atoms with Gasteiger partial charge < -0.3 is 18.9 Å². The molecular weight excluding hydrogens is 432 g/mol. The second-order valence-corrected chi connectivity index (χ2v) is 9.07. The average Bonchev–Trinajstić information content (AvgIpc) is 2.86. The fourth-order valence-corrected chi connectivity index (χ4v) is 3.88. The van der Waals surface area contributed by atoms with E-state index in [2.05, 4.69) is 27.7 Å². The van der Waals surface area contributed by atoms with Crippen LogP contribution in [0.25, 0.3) is 0 Å². The van der Waals surface area contributed by atoms with Gasteiger partial charge in [0.25, 0.3) is 0 Å². The molecule has 6 heteroatoms. The van der Waals surface area contributed by atoms with Crippen molar-refractivity contribution in [3.63, 3.8) is 0 Å². The van der Waals surface area contributed by atoms with E-state index in [9.17, 15) is 9.59 Å². The molecule has 0 saturated heterocycles. The van der Waals surface area contributed by atoms with Gasteiger partial charge in [-0.3, -0.25) is 9.59 Å². The third kappa shape index (κ3) is 10.8. The zero-order valence-corrected chi connectivity index (χ0v) is 22.2. The number of ether oxygens (including phenoxy) is 4. The minimum Gasteiger partial charge on any atom is -0.497 e. The van der Waals surface area contributed by atoms with E-state index in [1.165, 1.54) is 0 Å². The van der Waals surface area contributed by atoms with Gasteiger partial charge in [0.2, 0.25) is 0 Å². The molecule has 0 aromatic heterocycles. The van der Waals surface area contributed by atoms with Gasteiger partial charge in [-0.25, -0.2) is 0 Å². The molecule has 2 unspecified atom stereocenters. The quantitative estimate of drug-likeness (QED) is 0.180. The van der Waals surface area contributed by atoms with Crippen LogP contribution in [0.4, 0.5) is 0 Å². The average molecular weight is 479 g/mol. The zero-order chi connectivity index (χ0) is 25.3. The van der Waals surface area contributed by atoms with Crippen LogP contribution in [0.1, 0.15) is 84.6 Å². The Kier molecular flexibility index (Phi) is 15.1. The number of hydrogen-bond acceptors (Lipinski definition) is 6. The van der Waals surface area contributed by atoms with Crippen molar-refractivity contribution in [3.8, 4) is 11.5 Å². The summed E-state index contributed by atoms with van der Waals surface area (Å²) in [6.45, 7) is 9.16. The molecule has 0 radical (unpaired) electrons. The van der Waals surface area contributed by atoms with Crippen molar-refractivity contribution in [2.24, 2.45) is 17.8 Å². The first kappa shape index (κ1) is 29.8. The molecular formula is C28H46O6. The van der Waals surface area contributed by atoms with E-state index in [0.29, 0.717) is 36.5 Å². The van der Waals surface area contributed by atoms with Gasteiger partial charge in [0.1, 0.15) is 11.5 Å². The minimum atomic E-state index is -1.02. The van der Waals surface area contributed by atoms with E-state index < -0.39 is 17.9 Å². The second-order valence-electron chi connectivity index (χ2n) is 9.07. The van der Waals surface area contributed by atoms with Gasteiger partial charge in [-0.05, 0) is 48.8 Å². The lowest BCUT2D eigenvalue weighted by molar-refractivity contribution is -0.163. The highest BCUT2D eigenvalue weighted by atomic mass is 16.6. The van der Waals surface area contributed by atoms with Crippen LogP contribution in [0.15, 0.2) is 18.2 Å². The number of carbonyl (C=O) groups excluding carboxylic acids is 2. The molecule has 1 aromatic carbocycles. The molecule has 0 saturated carbocycles. The molecule has 1 aromatic rings. The van der Waals surface area contributed by atoms with Crippen LogP contribution >= 0.6 is 0 Å². The lowest BCUT2D eigenvalue weighted by Gasteiger charge is -2.21. The van der Waals surface area contributed by atoms with Gasteiger partial charge in [-0.15, -0.1) is 0 Å². The zero-order valence-electron chi connectivity index (χ0n) is 22.2. The molecule has 0 aliphatic heterocycles. The van der Waals surface area contributed by atoms with Gasteiger partial charge in [-0.1, -0.05) is 66.2 Å². The highest BCUT2D eigenvalue weighted by Crippen LogP contribution is 2.26. The van der Waals surface area contributed by atoms with E-state index in [1.807, 2.05) is 12.1 Å². The largest absolute Gasteiger partial charge is 0.497 e. The molecule has 0 amide bonds. The number of hydrogen-bond donors (Lipinski definition) is 0. The summed E-state index contributed by atoms with van der Waals surface area (Å²) in [5.74, 6) is -0.264. The van der Waals surface area contributed by atoms with Crippen molar-refractivity contribution in [2.45, 2.75) is 85.5 Å². The summed E-state index contributed by atoms with van der Waals surface area (Å²) in [6, 6.07) is 5.37. The van der Waals surface area contributed by atoms with Gasteiger partial charge in [0.05, 0.1) is 27.4 Å². The van der Waals surface area contributed by atoms with Crippen molar-refractivity contribution < 1.29 is 28.5 Å². The van der Waals surface area contributed by atoms with Crippen LogP contribution < -0.4 is 9.47 Å². The third-order valence-electron chi connectivity index (χ3n) is 6.43. The molecule has 0 fully saturated rings. The molecule has 0 heterocycles. The first-order chi connectivity index (χ1) is 16.4. The van der Waals surface area contributed by atoms with Gasteiger partial charge in [-0.2, -0.15) is 0 Å². The Bertz CT molecular complexity index is 663. The van der Waals surface area contributed by atoms with Crippen molar-refractivity contribution in [1.82, 2.24) is 0 Å². The monoisotopic (exact) mass is 478 g/mol. The normalized spacial score (nSPS) is 13.6. The summed E-state index contributed by atoms with van der Waals surface area (Å²) in [7, 11) is 3.14. The number of unbranched alkanes of at least 4 members (excludes halogenated alkanes) is 2. The van der Waals surface area contributed by atoms with Crippen molar-refractivity contribution >= 4 is 11.9 Å². The Balaban J connectivity index is 2.99. The van der Waals surface area contributed by atoms with E-state index in [4.69, 9.17) is 18.9 Å². The molecule has 194 valence electrons. The molecule has 1 rings (SSSR count). The third-order valence-corrected chi connectivity index (χ3v) is 6.43. The molecule has 6 nitrogen and oxygen atoms in total. The van der Waals surface area contributed by atoms with E-state index >= 15 is 0 Å². The maximum atomic E-state index is 13.1. The minimum absolute atomic E-state index is 0.169. The van der Waals surface area contributed by atoms with Crippen molar-refractivity contribution in [1.29, 1.82) is 0 Å². The molecule has 0 spiro atoms. The summed E-state index contributed by atoms with van der Waals surface area (Å²) in [6.07, 6.45) is 8.47. The number of methoxy groups -OCH3 is 2. The Labute approximate surface area is 206 Å². The number of esters is 2. The van der Waals surface area contributed by atoms with E-state index in [0.717, 1.165) is 56.9 Å². The Morgan fingerprint density at radius 2 is 1.18 bits per heavy atom. The van der Waals surface area contributed by atoms with Crippen LogP contribution in [0.3, 0.4) is 0 Å². The topological polar surface area (TPSA) is 71.1 Å². The first-order valence-corrected chi connectivity index (χ1v) is 13.0. The van der Waals surface area contributed by atoms with Crippen LogP contribution in [0, 0.1) is 17.8 Å². The fourth-order valence-electron chi connectivity index (χ4n) is 3.88. The smallest absolute Gasteiger partial charge is 0.320 e. The van der Waals surface area contributed by atoms with Crippen molar-refractivity contribution in [2.75, 3.05) is 27.4 Å². The number of rotatable bonds is 18. The first-order valence-electron chi connectivity index (χ1n) is 13.0. The predicted molar refractivity (Wildman–Crippen MR) is 135 cm³/mol. The van der Waals surface area contributed by atoms with Gasteiger partial charge in [0.15, 0.2) is 5.92 Å². The van der Waals surface area contributed by atoms with Crippen molar-refractivity contribution in [3.05, 3.63) is 23.8 Å². The van der Waals surface area contributed by atoms with Crippen LogP contribution in [0.2, 0.25) is 0 Å². The maximum absolute atomic E-state index is 13.1. The lowest BCUT2D eigenvalue weighted by atomic mass is 9.97. The van der Waals surface area contributed by atoms with Crippen LogP contribution in [0.5, 0.6) is 11.5 Å². The summed E-state index contributed by atoms with van der Waals surface area (Å²) in [5.41, 5.74) is 0.756. The SMILES string of the molecule is CCCCC(CC)COC(=O)C(Cc1cc(OC)cc(OC)c1)C(=O)OCC(CC)CCCC. The van der Waals surface area contributed by atoms with E-state index in [1.54, 1.807) is 20.3 Å². The summed E-state index contributed by atoms with van der Waals surface area (Å²) >= 11 is 0. The number of carbonyl (C=O) groups is 2. The molecule has 0 N–H and O–H groups in total. The highest BCUT2D eigenvalue weighted by molar-refractivity contribution is 5.95. The molecule has 0 aliphatic carbocycles. The fraction of sp³-hybridized carbons (Fsp3) is 0.714. The highest BCUT2D eigenvalue weighted by Gasteiger charge is 2.31. The molecule has 0 bridgehead atoms. The van der Waals surface area contributed by atoms with Gasteiger partial charge >= 0.3 is 11.9 Å². The summed E-state index contributed by atoms with van der Waals surface area (Å²) in [4.78, 5) is 26.2. The van der Waals surface area contributed by atoms with E-state index in [-0.39, 0.29) is 6.42 Å². The maximum Gasteiger partial charge on any atom is 0.320 e. The Morgan fingerprint density at radius 3 is 1.53 bits per heavy atom. The predicted octanol–water partition coefficient (Wildman–Crippen LogP) is 6.38. The summed E-state index contributed by atoms with van der Waals surface area (Å²) in [5, 5.41) is 0.